The third-order valence-electron chi connectivity index (χ3n) is 6.88. The van der Waals surface area contributed by atoms with Gasteiger partial charge in [0.1, 0.15) is 17.3 Å². The second kappa shape index (κ2) is 12.9. The van der Waals surface area contributed by atoms with Gasteiger partial charge in [-0.2, -0.15) is 0 Å². The number of unbranched alkanes of at least 4 members (excludes halogenated alkanes) is 1. The number of para-hydroxylation sites is 1. The maximum absolute atomic E-state index is 14.1. The first-order valence-corrected chi connectivity index (χ1v) is 14.0. The molecule has 4 rings (SSSR count). The minimum atomic E-state index is -0.487. The number of nitrogens with zero attached hydrogens (tertiary/aromatic N) is 3. The highest BCUT2D eigenvalue weighted by molar-refractivity contribution is 9.10. The number of aromatic nitrogens is 2. The van der Waals surface area contributed by atoms with Crippen molar-refractivity contribution < 1.29 is 14.3 Å². The number of amides is 1. The molecule has 0 aliphatic carbocycles. The number of hydrogen-bond donors (Lipinski definition) is 0. The fourth-order valence-corrected chi connectivity index (χ4v) is 5.26. The Labute approximate surface area is 237 Å². The molecule has 1 atom stereocenters. The zero-order valence-electron chi connectivity index (χ0n) is 22.8. The van der Waals surface area contributed by atoms with Gasteiger partial charge in [0.25, 0.3) is 5.56 Å². The average molecular weight is 593 g/mol. The van der Waals surface area contributed by atoms with E-state index in [4.69, 9.17) is 14.5 Å². The van der Waals surface area contributed by atoms with Gasteiger partial charge in [0.2, 0.25) is 5.91 Å². The lowest BCUT2D eigenvalue weighted by Crippen LogP contribution is -2.38. The minimum absolute atomic E-state index is 0.0385. The Morgan fingerprint density at radius 3 is 2.46 bits per heavy atom. The molecule has 1 heterocycles. The van der Waals surface area contributed by atoms with Gasteiger partial charge in [-0.05, 0) is 53.4 Å². The summed E-state index contributed by atoms with van der Waals surface area (Å²) >= 11 is 3.64. The lowest BCUT2D eigenvalue weighted by Gasteiger charge is -2.31. The van der Waals surface area contributed by atoms with Crippen molar-refractivity contribution in [3.63, 3.8) is 0 Å². The molecule has 1 unspecified atom stereocenters. The highest BCUT2D eigenvalue weighted by Crippen LogP contribution is 2.37. The van der Waals surface area contributed by atoms with Crippen LogP contribution in [-0.2, 0) is 11.2 Å². The van der Waals surface area contributed by atoms with E-state index in [2.05, 4.69) is 35.0 Å². The molecule has 39 heavy (non-hydrogen) atoms. The van der Waals surface area contributed by atoms with Crippen LogP contribution in [0.4, 0.5) is 0 Å². The highest BCUT2D eigenvalue weighted by Gasteiger charge is 2.28. The van der Waals surface area contributed by atoms with E-state index in [0.717, 1.165) is 18.4 Å². The largest absolute Gasteiger partial charge is 0.497 e. The highest BCUT2D eigenvalue weighted by atomic mass is 79.9. The van der Waals surface area contributed by atoms with E-state index in [-0.39, 0.29) is 11.5 Å². The Morgan fingerprint density at radius 1 is 1.05 bits per heavy atom. The van der Waals surface area contributed by atoms with Crippen LogP contribution in [0.15, 0.2) is 76.0 Å². The number of benzene rings is 3. The van der Waals surface area contributed by atoms with Gasteiger partial charge in [-0.15, -0.1) is 0 Å². The number of hydrogen-bond acceptors (Lipinski definition) is 5. The SMILES string of the molecule is CCCCC(=O)N(CCc1ccccc1)C(C)c1nc2ccccc2c(=O)n1-c1cc(OC)cc(OC)c1Br. The molecule has 4 aromatic rings. The smallest absolute Gasteiger partial charge is 0.266 e. The van der Waals surface area contributed by atoms with E-state index in [1.54, 1.807) is 37.0 Å². The maximum atomic E-state index is 14.1. The summed E-state index contributed by atoms with van der Waals surface area (Å²) in [5.74, 6) is 1.55. The third-order valence-corrected chi connectivity index (χ3v) is 7.68. The zero-order valence-corrected chi connectivity index (χ0v) is 24.4. The second-order valence-corrected chi connectivity index (χ2v) is 10.2. The Morgan fingerprint density at radius 2 is 1.77 bits per heavy atom. The van der Waals surface area contributed by atoms with E-state index < -0.39 is 6.04 Å². The van der Waals surface area contributed by atoms with Crippen LogP contribution in [0.1, 0.15) is 50.5 Å². The molecule has 0 saturated heterocycles. The summed E-state index contributed by atoms with van der Waals surface area (Å²) < 4.78 is 13.2. The summed E-state index contributed by atoms with van der Waals surface area (Å²) in [5.41, 5.74) is 2.01. The van der Waals surface area contributed by atoms with Crippen molar-refractivity contribution in [1.29, 1.82) is 0 Å². The van der Waals surface area contributed by atoms with E-state index in [0.29, 0.717) is 57.8 Å². The third kappa shape index (κ3) is 6.17. The molecule has 0 saturated carbocycles. The second-order valence-electron chi connectivity index (χ2n) is 9.39. The lowest BCUT2D eigenvalue weighted by molar-refractivity contribution is -0.133. The molecule has 7 nitrogen and oxygen atoms in total. The average Bonchev–Trinajstić information content (AvgIpc) is 2.97. The van der Waals surface area contributed by atoms with Gasteiger partial charge in [-0.25, -0.2) is 4.98 Å². The molecule has 204 valence electrons. The molecular formula is C31H34BrN3O4. The molecule has 0 fully saturated rings. The van der Waals surface area contributed by atoms with E-state index in [1.165, 1.54) is 0 Å². The number of halogens is 1. The molecule has 0 aliphatic heterocycles. The molecule has 1 amide bonds. The van der Waals surface area contributed by atoms with Crippen molar-refractivity contribution in [3.05, 3.63) is 92.9 Å². The Kier molecular flexibility index (Phi) is 9.41. The first kappa shape index (κ1) is 28.4. The Bertz CT molecular complexity index is 1500. The molecule has 0 aliphatic rings. The summed E-state index contributed by atoms with van der Waals surface area (Å²) in [6, 6.07) is 20.4. The summed E-state index contributed by atoms with van der Waals surface area (Å²) in [5, 5.41) is 0.482. The van der Waals surface area contributed by atoms with Crippen molar-refractivity contribution in [2.24, 2.45) is 0 Å². The van der Waals surface area contributed by atoms with Crippen LogP contribution in [0.3, 0.4) is 0 Å². The van der Waals surface area contributed by atoms with Crippen LogP contribution in [0, 0.1) is 0 Å². The predicted octanol–water partition coefficient (Wildman–Crippen LogP) is 6.49. The summed E-state index contributed by atoms with van der Waals surface area (Å²) in [7, 11) is 3.13. The first-order chi connectivity index (χ1) is 18.9. The molecule has 0 N–H and O–H groups in total. The number of carbonyl (C=O) groups excluding carboxylic acids is 1. The Balaban J connectivity index is 1.91. The van der Waals surface area contributed by atoms with Gasteiger partial charge in [-0.1, -0.05) is 55.8 Å². The van der Waals surface area contributed by atoms with Crippen molar-refractivity contribution in [3.8, 4) is 17.2 Å². The van der Waals surface area contributed by atoms with Gasteiger partial charge in [0.05, 0.1) is 41.3 Å². The van der Waals surface area contributed by atoms with Crippen molar-refractivity contribution in [2.75, 3.05) is 20.8 Å². The van der Waals surface area contributed by atoms with Gasteiger partial charge in [-0.3, -0.25) is 14.2 Å². The van der Waals surface area contributed by atoms with Crippen LogP contribution in [-0.4, -0.2) is 41.1 Å². The monoisotopic (exact) mass is 591 g/mol. The van der Waals surface area contributed by atoms with Gasteiger partial charge in [0.15, 0.2) is 0 Å². The van der Waals surface area contributed by atoms with E-state index in [1.807, 2.05) is 48.2 Å². The Hall–Kier alpha value is -3.65. The normalized spacial score (nSPS) is 11.8. The first-order valence-electron chi connectivity index (χ1n) is 13.2. The predicted molar refractivity (Wildman–Crippen MR) is 158 cm³/mol. The number of methoxy groups -OCH3 is 2. The molecule has 0 radical (unpaired) electrons. The van der Waals surface area contributed by atoms with Crippen LogP contribution >= 0.6 is 15.9 Å². The fourth-order valence-electron chi connectivity index (χ4n) is 4.69. The van der Waals surface area contributed by atoms with Crippen LogP contribution in [0.5, 0.6) is 11.5 Å². The van der Waals surface area contributed by atoms with Gasteiger partial charge in [0, 0.05) is 25.1 Å². The van der Waals surface area contributed by atoms with E-state index in [9.17, 15) is 9.59 Å². The summed E-state index contributed by atoms with van der Waals surface area (Å²) in [6.45, 7) is 4.51. The van der Waals surface area contributed by atoms with Crippen LogP contribution in [0.25, 0.3) is 16.6 Å². The molecular weight excluding hydrogens is 558 g/mol. The number of carbonyl (C=O) groups is 1. The molecule has 0 spiro atoms. The number of ether oxygens (including phenoxy) is 2. The molecule has 1 aromatic heterocycles. The van der Waals surface area contributed by atoms with Crippen LogP contribution in [0.2, 0.25) is 0 Å². The lowest BCUT2D eigenvalue weighted by atomic mass is 10.1. The van der Waals surface area contributed by atoms with Gasteiger partial charge < -0.3 is 14.4 Å². The van der Waals surface area contributed by atoms with Crippen LogP contribution < -0.4 is 15.0 Å². The van der Waals surface area contributed by atoms with Crippen molar-refractivity contribution >= 4 is 32.7 Å². The number of fused-ring (bicyclic) bond motifs is 1. The van der Waals surface area contributed by atoms with Crippen molar-refractivity contribution in [2.45, 2.75) is 45.6 Å². The minimum Gasteiger partial charge on any atom is -0.497 e. The fraction of sp³-hybridized carbons (Fsp3) is 0.323. The van der Waals surface area contributed by atoms with Gasteiger partial charge >= 0.3 is 0 Å². The topological polar surface area (TPSA) is 73.7 Å². The summed E-state index contributed by atoms with van der Waals surface area (Å²) in [4.78, 5) is 34.4. The maximum Gasteiger partial charge on any atom is 0.266 e. The van der Waals surface area contributed by atoms with Crippen molar-refractivity contribution in [1.82, 2.24) is 14.5 Å². The summed E-state index contributed by atoms with van der Waals surface area (Å²) in [6.07, 6.45) is 2.84. The molecule has 8 heteroatoms. The zero-order chi connectivity index (χ0) is 27.9. The molecule has 0 bridgehead atoms. The molecule has 3 aromatic carbocycles. The quantitative estimate of drug-likeness (QED) is 0.199. The standard InChI is InChI=1S/C31H34BrN3O4/c1-5-6-16-28(36)34(18-17-22-12-8-7-9-13-22)21(2)30-33-25-15-11-10-14-24(25)31(37)35(30)26-19-23(38-3)20-27(39-4)29(26)32/h7-15,19-21H,5-6,16-18H2,1-4H3. The number of rotatable bonds is 11. The van der Waals surface area contributed by atoms with E-state index >= 15 is 0 Å².